The van der Waals surface area contributed by atoms with Gasteiger partial charge in [0.2, 0.25) is 5.52 Å². The molecule has 1 saturated carbocycles. The molecule has 1 aromatic heterocycles. The van der Waals surface area contributed by atoms with Gasteiger partial charge in [0, 0.05) is 6.07 Å². The molecule has 2 nitrogen and oxygen atoms in total. The molecule has 0 saturated heterocycles. The van der Waals surface area contributed by atoms with E-state index in [9.17, 15) is 5.11 Å². The van der Waals surface area contributed by atoms with E-state index in [1.165, 1.54) is 16.6 Å². The lowest BCUT2D eigenvalue weighted by Gasteiger charge is -2.27. The number of hydrogen-bond acceptors (Lipinski definition) is 2. The molecule has 3 rings (SSSR count). The van der Waals surface area contributed by atoms with Crippen molar-refractivity contribution in [1.82, 2.24) is 0 Å². The van der Waals surface area contributed by atoms with Gasteiger partial charge in [-0.05, 0) is 31.7 Å². The SMILES string of the molecule is C[n+]1c(C2(O)CCCCC2)sc2ccccc21.[I-]. The molecule has 0 unspecified atom stereocenters. The number of rotatable bonds is 1. The maximum Gasteiger partial charge on any atom is 0.270 e. The molecule has 1 aliphatic rings. The van der Waals surface area contributed by atoms with Crippen molar-refractivity contribution in [3.05, 3.63) is 29.3 Å². The molecule has 0 spiro atoms. The Morgan fingerprint density at radius 3 is 2.50 bits per heavy atom. The van der Waals surface area contributed by atoms with Crippen LogP contribution >= 0.6 is 11.3 Å². The molecule has 0 amide bonds. The summed E-state index contributed by atoms with van der Waals surface area (Å²) in [6.07, 6.45) is 5.37. The van der Waals surface area contributed by atoms with Crippen LogP contribution in [-0.2, 0) is 12.6 Å². The van der Waals surface area contributed by atoms with Gasteiger partial charge in [0.1, 0.15) is 11.7 Å². The summed E-state index contributed by atoms with van der Waals surface area (Å²) in [6, 6.07) is 8.38. The van der Waals surface area contributed by atoms with E-state index in [2.05, 4.69) is 35.9 Å². The van der Waals surface area contributed by atoms with E-state index in [4.69, 9.17) is 0 Å². The highest BCUT2D eigenvalue weighted by Gasteiger charge is 2.40. The van der Waals surface area contributed by atoms with Gasteiger partial charge >= 0.3 is 0 Å². The number of halogens is 1. The largest absolute Gasteiger partial charge is 1.00 e. The monoisotopic (exact) mass is 375 g/mol. The normalized spacial score (nSPS) is 18.6. The Labute approximate surface area is 129 Å². The highest BCUT2D eigenvalue weighted by molar-refractivity contribution is 7.18. The molecule has 18 heavy (non-hydrogen) atoms. The molecule has 98 valence electrons. The van der Waals surface area contributed by atoms with Crippen LogP contribution in [-0.4, -0.2) is 5.11 Å². The molecule has 1 aliphatic carbocycles. The number of fused-ring (bicyclic) bond motifs is 1. The Kier molecular flexibility index (Phi) is 4.29. The second-order valence-electron chi connectivity index (χ2n) is 5.03. The number of aliphatic hydroxyl groups is 1. The Morgan fingerprint density at radius 1 is 1.17 bits per heavy atom. The topological polar surface area (TPSA) is 24.1 Å². The van der Waals surface area contributed by atoms with Gasteiger partial charge in [0.15, 0.2) is 5.60 Å². The highest BCUT2D eigenvalue weighted by atomic mass is 127. The molecule has 0 atom stereocenters. The van der Waals surface area contributed by atoms with E-state index in [1.54, 1.807) is 11.3 Å². The molecule has 1 aromatic carbocycles. The molecule has 0 bridgehead atoms. The van der Waals surface area contributed by atoms with Crippen molar-refractivity contribution in [2.75, 3.05) is 0 Å². The zero-order valence-corrected chi connectivity index (χ0v) is 13.5. The Hall–Kier alpha value is -0.200. The minimum Gasteiger partial charge on any atom is -1.00 e. The smallest absolute Gasteiger partial charge is 0.270 e. The second-order valence-corrected chi connectivity index (χ2v) is 6.06. The van der Waals surface area contributed by atoms with Crippen LogP contribution in [0.1, 0.15) is 37.1 Å². The molecule has 1 fully saturated rings. The Morgan fingerprint density at radius 2 is 1.83 bits per heavy atom. The Bertz CT molecular complexity index is 546. The van der Waals surface area contributed by atoms with Crippen molar-refractivity contribution in [2.45, 2.75) is 37.7 Å². The zero-order chi connectivity index (χ0) is 11.9. The summed E-state index contributed by atoms with van der Waals surface area (Å²) in [5, 5.41) is 11.9. The number of thiazole rings is 1. The number of aromatic nitrogens is 1. The predicted molar refractivity (Wildman–Crippen MR) is 70.0 cm³/mol. The molecule has 0 aliphatic heterocycles. The molecule has 0 radical (unpaired) electrons. The first-order valence-electron chi connectivity index (χ1n) is 6.31. The van der Waals surface area contributed by atoms with Gasteiger partial charge in [-0.2, -0.15) is 4.57 Å². The van der Waals surface area contributed by atoms with Crippen LogP contribution in [0.2, 0.25) is 0 Å². The first-order valence-corrected chi connectivity index (χ1v) is 7.13. The van der Waals surface area contributed by atoms with Crippen LogP contribution in [0, 0.1) is 0 Å². The zero-order valence-electron chi connectivity index (χ0n) is 10.5. The third kappa shape index (κ3) is 2.30. The summed E-state index contributed by atoms with van der Waals surface area (Å²) < 4.78 is 3.44. The van der Waals surface area contributed by atoms with Crippen LogP contribution < -0.4 is 28.5 Å². The van der Waals surface area contributed by atoms with E-state index >= 15 is 0 Å². The first-order chi connectivity index (χ1) is 8.21. The summed E-state index contributed by atoms with van der Waals surface area (Å²) in [7, 11) is 2.07. The van der Waals surface area contributed by atoms with Gasteiger partial charge in [0.05, 0.1) is 0 Å². The lowest BCUT2D eigenvalue weighted by Crippen LogP contribution is -3.00. The van der Waals surface area contributed by atoms with Crippen LogP contribution in [0.15, 0.2) is 24.3 Å². The lowest BCUT2D eigenvalue weighted by atomic mass is 9.85. The van der Waals surface area contributed by atoms with E-state index < -0.39 is 5.60 Å². The molecular weight excluding hydrogens is 357 g/mol. The molecule has 2 aromatic rings. The van der Waals surface area contributed by atoms with Gasteiger partial charge < -0.3 is 29.1 Å². The fourth-order valence-electron chi connectivity index (χ4n) is 2.86. The number of para-hydroxylation sites is 1. The average molecular weight is 375 g/mol. The van der Waals surface area contributed by atoms with Gasteiger partial charge in [-0.15, -0.1) is 0 Å². The lowest BCUT2D eigenvalue weighted by molar-refractivity contribution is -0.656. The van der Waals surface area contributed by atoms with E-state index in [1.807, 2.05) is 0 Å². The van der Waals surface area contributed by atoms with Crippen molar-refractivity contribution in [2.24, 2.45) is 7.05 Å². The quantitative estimate of drug-likeness (QED) is 0.546. The first kappa shape index (κ1) is 14.2. The summed E-state index contributed by atoms with van der Waals surface area (Å²) in [5.74, 6) is 0. The number of nitrogens with zero attached hydrogens (tertiary/aromatic N) is 1. The van der Waals surface area contributed by atoms with Gasteiger partial charge in [-0.1, -0.05) is 29.9 Å². The third-order valence-corrected chi connectivity index (χ3v) is 5.23. The van der Waals surface area contributed by atoms with Crippen LogP contribution in [0.5, 0.6) is 0 Å². The summed E-state index contributed by atoms with van der Waals surface area (Å²) >= 11 is 1.74. The molecule has 4 heteroatoms. The molecule has 1 N–H and O–H groups in total. The van der Waals surface area contributed by atoms with Crippen molar-refractivity contribution < 1.29 is 33.7 Å². The van der Waals surface area contributed by atoms with Crippen molar-refractivity contribution in [1.29, 1.82) is 0 Å². The van der Waals surface area contributed by atoms with Crippen molar-refractivity contribution >= 4 is 21.6 Å². The summed E-state index contributed by atoms with van der Waals surface area (Å²) in [4.78, 5) is 0. The average Bonchev–Trinajstić information content (AvgIpc) is 2.69. The number of aryl methyl sites for hydroxylation is 1. The third-order valence-electron chi connectivity index (χ3n) is 3.82. The second kappa shape index (κ2) is 5.43. The summed E-state index contributed by atoms with van der Waals surface area (Å²) in [5.41, 5.74) is 0.642. The van der Waals surface area contributed by atoms with E-state index in [-0.39, 0.29) is 24.0 Å². The Balaban J connectivity index is 0.00000120. The molecule has 1 heterocycles. The van der Waals surface area contributed by atoms with E-state index in [0.717, 1.165) is 30.7 Å². The number of benzene rings is 1. The fourth-order valence-corrected chi connectivity index (χ4v) is 4.15. The van der Waals surface area contributed by atoms with Crippen LogP contribution in [0.3, 0.4) is 0 Å². The van der Waals surface area contributed by atoms with Gasteiger partial charge in [-0.3, -0.25) is 0 Å². The van der Waals surface area contributed by atoms with Crippen molar-refractivity contribution in [3.8, 4) is 0 Å². The highest BCUT2D eigenvalue weighted by Crippen LogP contribution is 2.39. The minimum absolute atomic E-state index is 0. The standard InChI is InChI=1S/C14H18NOS.HI/c1-15-11-7-3-4-8-12(11)17-13(15)14(16)9-5-2-6-10-14;/h3-4,7-8,16H,2,5-6,9-10H2,1H3;1H/q+1;/p-1. The fraction of sp³-hybridized carbons (Fsp3) is 0.500. The van der Waals surface area contributed by atoms with E-state index in [0.29, 0.717) is 0 Å². The van der Waals surface area contributed by atoms with Crippen LogP contribution in [0.4, 0.5) is 0 Å². The summed E-state index contributed by atoms with van der Waals surface area (Å²) in [6.45, 7) is 0. The molecular formula is C14H18INOS. The van der Waals surface area contributed by atoms with Crippen LogP contribution in [0.25, 0.3) is 10.2 Å². The minimum atomic E-state index is -0.587. The number of hydrogen-bond donors (Lipinski definition) is 1. The van der Waals surface area contributed by atoms with Crippen molar-refractivity contribution in [3.63, 3.8) is 0 Å². The maximum absolute atomic E-state index is 10.8. The van der Waals surface area contributed by atoms with Gasteiger partial charge in [-0.25, -0.2) is 0 Å². The maximum atomic E-state index is 10.8. The predicted octanol–water partition coefficient (Wildman–Crippen LogP) is -0.119. The van der Waals surface area contributed by atoms with Gasteiger partial charge in [0.25, 0.3) is 5.01 Å².